The van der Waals surface area contributed by atoms with Crippen molar-refractivity contribution in [3.8, 4) is 0 Å². The summed E-state index contributed by atoms with van der Waals surface area (Å²) in [5, 5.41) is 0. The zero-order valence-corrected chi connectivity index (χ0v) is 52.4. The molecule has 0 fully saturated rings. The minimum absolute atomic E-state index is 0.131. The van der Waals surface area contributed by atoms with E-state index in [0.29, 0.717) is 19.3 Å². The molecule has 0 aliphatic rings. The van der Waals surface area contributed by atoms with E-state index in [1.807, 2.05) is 0 Å². The fourth-order valence-corrected chi connectivity index (χ4v) is 7.74. The summed E-state index contributed by atoms with van der Waals surface area (Å²) in [6.07, 6.45) is 107. The predicted octanol–water partition coefficient (Wildman–Crippen LogP) is 22.5. The van der Waals surface area contributed by atoms with Crippen LogP contribution in [0.5, 0.6) is 0 Å². The van der Waals surface area contributed by atoms with Crippen molar-refractivity contribution in [3.05, 3.63) is 219 Å². The molecular formula is C77H114O6. The highest BCUT2D eigenvalue weighted by Gasteiger charge is 2.19. The van der Waals surface area contributed by atoms with Crippen LogP contribution < -0.4 is 0 Å². The van der Waals surface area contributed by atoms with Gasteiger partial charge < -0.3 is 14.2 Å². The lowest BCUT2D eigenvalue weighted by molar-refractivity contribution is -0.167. The second-order valence-electron chi connectivity index (χ2n) is 20.2. The Hall–Kier alpha value is -6.27. The normalized spacial score (nSPS) is 13.6. The van der Waals surface area contributed by atoms with Crippen molar-refractivity contribution in [2.24, 2.45) is 0 Å². The first-order chi connectivity index (χ1) is 41.0. The highest BCUT2D eigenvalue weighted by Crippen LogP contribution is 2.11. The molecule has 83 heavy (non-hydrogen) atoms. The van der Waals surface area contributed by atoms with Crippen molar-refractivity contribution in [3.63, 3.8) is 0 Å². The van der Waals surface area contributed by atoms with Crippen LogP contribution in [-0.4, -0.2) is 37.2 Å². The molecule has 6 nitrogen and oxygen atoms in total. The third-order valence-corrected chi connectivity index (χ3v) is 12.5. The van der Waals surface area contributed by atoms with Crippen LogP contribution in [0, 0.1) is 0 Å². The molecule has 0 bridgehead atoms. The highest BCUT2D eigenvalue weighted by atomic mass is 16.6. The van der Waals surface area contributed by atoms with Gasteiger partial charge in [-0.1, -0.05) is 278 Å². The van der Waals surface area contributed by atoms with Crippen LogP contribution in [0.3, 0.4) is 0 Å². The molecule has 0 aromatic carbocycles. The molecule has 0 heterocycles. The van der Waals surface area contributed by atoms with Crippen molar-refractivity contribution in [1.29, 1.82) is 0 Å². The minimum Gasteiger partial charge on any atom is -0.462 e. The van der Waals surface area contributed by atoms with Crippen molar-refractivity contribution in [2.75, 3.05) is 13.2 Å². The molecule has 0 aliphatic heterocycles. The lowest BCUT2D eigenvalue weighted by Gasteiger charge is -2.18. The molecular weight excluding hydrogens is 1020 g/mol. The maximum atomic E-state index is 12.8. The van der Waals surface area contributed by atoms with E-state index in [1.54, 1.807) is 0 Å². The van der Waals surface area contributed by atoms with Crippen LogP contribution >= 0.6 is 0 Å². The van der Waals surface area contributed by atoms with E-state index in [9.17, 15) is 14.4 Å². The van der Waals surface area contributed by atoms with Crippen LogP contribution in [0.15, 0.2) is 219 Å². The monoisotopic (exact) mass is 1130 g/mol. The number of hydrogen-bond acceptors (Lipinski definition) is 6. The molecule has 0 amide bonds. The zero-order valence-electron chi connectivity index (χ0n) is 52.4. The summed E-state index contributed by atoms with van der Waals surface area (Å²) in [4.78, 5) is 38.0. The van der Waals surface area contributed by atoms with Gasteiger partial charge in [0.15, 0.2) is 6.10 Å². The van der Waals surface area contributed by atoms with Gasteiger partial charge in [-0.05, 0) is 148 Å². The SMILES string of the molecule is CC/C=C\C/C=C\C/C=C\C/C=C\C/C=C\C/C=C\C/C=C\C/C=C\C/C=C\CCCC(=O)OCC(COC(=O)CCCCCCCCC)OC(=O)CCC/C=C\C/C=C\C/C=C\C/C=C\C/C=C\C/C=C\C/C=C\C/C=C\C/C=C\CC. The van der Waals surface area contributed by atoms with E-state index in [4.69, 9.17) is 14.2 Å². The third-order valence-electron chi connectivity index (χ3n) is 12.5. The Labute approximate surface area is 508 Å². The van der Waals surface area contributed by atoms with Crippen molar-refractivity contribution >= 4 is 17.9 Å². The number of esters is 3. The van der Waals surface area contributed by atoms with Gasteiger partial charge in [-0.2, -0.15) is 0 Å². The first-order valence-corrected chi connectivity index (χ1v) is 32.2. The van der Waals surface area contributed by atoms with Gasteiger partial charge in [0.1, 0.15) is 13.2 Å². The largest absolute Gasteiger partial charge is 0.462 e. The molecule has 0 saturated heterocycles. The fraction of sp³-hybridized carbons (Fsp3) is 0.494. The molecule has 1 unspecified atom stereocenters. The smallest absolute Gasteiger partial charge is 0.306 e. The van der Waals surface area contributed by atoms with E-state index >= 15 is 0 Å². The molecule has 458 valence electrons. The second-order valence-corrected chi connectivity index (χ2v) is 20.2. The van der Waals surface area contributed by atoms with E-state index in [0.717, 1.165) is 148 Å². The summed E-state index contributed by atoms with van der Waals surface area (Å²) in [6.45, 7) is 6.24. The molecule has 0 N–H and O–H groups in total. The van der Waals surface area contributed by atoms with E-state index in [1.165, 1.54) is 25.7 Å². The lowest BCUT2D eigenvalue weighted by atomic mass is 10.1. The molecule has 1 atom stereocenters. The van der Waals surface area contributed by atoms with Gasteiger partial charge in [0.25, 0.3) is 0 Å². The van der Waals surface area contributed by atoms with Crippen molar-refractivity contribution in [2.45, 2.75) is 232 Å². The quantitative estimate of drug-likeness (QED) is 0.0261. The Morgan fingerprint density at radius 3 is 0.735 bits per heavy atom. The average molecular weight is 1140 g/mol. The van der Waals surface area contributed by atoms with Crippen molar-refractivity contribution in [1.82, 2.24) is 0 Å². The minimum atomic E-state index is -0.844. The number of hydrogen-bond donors (Lipinski definition) is 0. The topological polar surface area (TPSA) is 78.9 Å². The summed E-state index contributed by atoms with van der Waals surface area (Å²) < 4.78 is 16.7. The summed E-state index contributed by atoms with van der Waals surface area (Å²) in [6, 6.07) is 0. The second kappa shape index (κ2) is 68.2. The number of ether oxygens (including phenoxy) is 3. The summed E-state index contributed by atoms with van der Waals surface area (Å²) in [5.41, 5.74) is 0. The summed E-state index contributed by atoms with van der Waals surface area (Å²) >= 11 is 0. The van der Waals surface area contributed by atoms with Crippen LogP contribution in [-0.2, 0) is 28.6 Å². The van der Waals surface area contributed by atoms with Gasteiger partial charge in [-0.3, -0.25) is 14.4 Å². The standard InChI is InChI=1S/C77H114O6/c1-4-7-10-13-16-18-20-22-24-26-28-30-32-34-36-38-40-42-44-46-48-50-52-54-56-58-61-64-67-70-76(79)82-73-74(72-81-75(78)69-66-63-60-15-12-9-6-3)83-77(80)71-68-65-62-59-57-55-53-51-49-47-45-43-41-39-37-35-33-31-29-27-25-23-21-19-17-14-11-8-5-2/h7-8,10-11,16-19,22-25,28-31,34-37,40-43,46-49,52-55,58-59,61-62,74H,4-6,9,12-15,20-21,26-27,32-33,38-39,44-45,50-51,56-57,60,63-73H2,1-3H3/b10-7-,11-8-,18-16-,19-17-,24-22-,25-23-,30-28-,31-29-,36-34-,37-35-,42-40-,43-41-,48-46-,49-47-,54-52-,55-53-,61-58-,62-59-. The Morgan fingerprint density at radius 2 is 0.470 bits per heavy atom. The maximum Gasteiger partial charge on any atom is 0.306 e. The number of carbonyl (C=O) groups is 3. The Kier molecular flexibility index (Phi) is 63.1. The average Bonchev–Trinajstić information content (AvgIpc) is 3.49. The van der Waals surface area contributed by atoms with Gasteiger partial charge in [0, 0.05) is 19.3 Å². The molecule has 0 spiro atoms. The van der Waals surface area contributed by atoms with E-state index in [2.05, 4.69) is 240 Å². The lowest BCUT2D eigenvalue weighted by Crippen LogP contribution is -2.30. The highest BCUT2D eigenvalue weighted by molar-refractivity contribution is 5.71. The molecule has 0 aliphatic carbocycles. The van der Waals surface area contributed by atoms with Crippen LogP contribution in [0.4, 0.5) is 0 Å². The molecule has 0 aromatic rings. The summed E-state index contributed by atoms with van der Waals surface area (Å²) in [5.74, 6) is -1.08. The first kappa shape index (κ1) is 76.7. The van der Waals surface area contributed by atoms with Gasteiger partial charge in [0.05, 0.1) is 0 Å². The molecule has 0 saturated carbocycles. The van der Waals surface area contributed by atoms with Crippen LogP contribution in [0.1, 0.15) is 226 Å². The maximum absolute atomic E-state index is 12.8. The Morgan fingerprint density at radius 1 is 0.253 bits per heavy atom. The van der Waals surface area contributed by atoms with Gasteiger partial charge in [-0.15, -0.1) is 0 Å². The molecule has 0 aromatic heterocycles. The third kappa shape index (κ3) is 66.4. The van der Waals surface area contributed by atoms with Crippen molar-refractivity contribution < 1.29 is 28.6 Å². The Bertz CT molecular complexity index is 2080. The Balaban J connectivity index is 4.42. The van der Waals surface area contributed by atoms with E-state index in [-0.39, 0.29) is 38.0 Å². The first-order valence-electron chi connectivity index (χ1n) is 32.2. The molecule has 6 heteroatoms. The summed E-state index contributed by atoms with van der Waals surface area (Å²) in [7, 11) is 0. The van der Waals surface area contributed by atoms with Crippen LogP contribution in [0.25, 0.3) is 0 Å². The number of allylic oxidation sites excluding steroid dienone is 36. The number of unbranched alkanes of at least 4 members (excludes halogenated alkanes) is 8. The van der Waals surface area contributed by atoms with Crippen LogP contribution in [0.2, 0.25) is 0 Å². The molecule has 0 radical (unpaired) electrons. The van der Waals surface area contributed by atoms with Gasteiger partial charge >= 0.3 is 17.9 Å². The number of carbonyl (C=O) groups excluding carboxylic acids is 3. The fourth-order valence-electron chi connectivity index (χ4n) is 7.74. The van der Waals surface area contributed by atoms with E-state index < -0.39 is 12.1 Å². The number of rotatable bonds is 55. The van der Waals surface area contributed by atoms with Gasteiger partial charge in [-0.25, -0.2) is 0 Å². The van der Waals surface area contributed by atoms with Gasteiger partial charge in [0.2, 0.25) is 0 Å². The predicted molar refractivity (Wildman–Crippen MR) is 361 cm³/mol. The molecule has 0 rings (SSSR count). The zero-order chi connectivity index (χ0) is 59.9.